The summed E-state index contributed by atoms with van der Waals surface area (Å²) in [5.74, 6) is -5.02. The number of nitrogens with zero attached hydrogens (tertiary/aromatic N) is 3. The number of carboxylic acid groups (broad SMARTS) is 4. The van der Waals surface area contributed by atoms with Gasteiger partial charge in [-0.1, -0.05) is 45.4 Å². The van der Waals surface area contributed by atoms with Crippen LogP contribution >= 0.6 is 0 Å². The second-order valence-corrected chi connectivity index (χ2v) is 8.74. The zero-order valence-electron chi connectivity index (χ0n) is 21.2. The van der Waals surface area contributed by atoms with Crippen molar-refractivity contribution in [2.45, 2.75) is 51.9 Å². The van der Waals surface area contributed by atoms with Gasteiger partial charge in [0.15, 0.2) is 0 Å². The Morgan fingerprint density at radius 2 is 0.889 bits per heavy atom. The first-order valence-electron chi connectivity index (χ1n) is 12.3. The summed E-state index contributed by atoms with van der Waals surface area (Å²) in [6.07, 6.45) is 7.75. The maximum absolute atomic E-state index is 12.3. The molecule has 0 aliphatic carbocycles. The van der Waals surface area contributed by atoms with Crippen molar-refractivity contribution >= 4 is 29.8 Å². The van der Waals surface area contributed by atoms with Crippen molar-refractivity contribution in [3.05, 3.63) is 0 Å². The highest BCUT2D eigenvalue weighted by Crippen LogP contribution is 2.06. The van der Waals surface area contributed by atoms with Gasteiger partial charge in [-0.05, 0) is 6.42 Å². The van der Waals surface area contributed by atoms with Crippen molar-refractivity contribution in [3.8, 4) is 0 Å². The molecule has 13 heteroatoms. The van der Waals surface area contributed by atoms with E-state index in [-0.39, 0.29) is 38.6 Å². The number of carbonyl (C=O) groups is 5. The molecule has 0 aromatic heterocycles. The molecule has 36 heavy (non-hydrogen) atoms. The van der Waals surface area contributed by atoms with Crippen LogP contribution in [0.25, 0.3) is 0 Å². The highest BCUT2D eigenvalue weighted by Gasteiger charge is 2.19. The molecule has 0 radical (unpaired) electrons. The number of hydrogen-bond donors (Lipinski definition) is 5. The molecule has 208 valence electrons. The second kappa shape index (κ2) is 20.4. The van der Waals surface area contributed by atoms with E-state index in [1.807, 2.05) is 0 Å². The Hall–Kier alpha value is -2.77. The lowest BCUT2D eigenvalue weighted by atomic mass is 10.1. The fraction of sp³-hybridized carbons (Fsp3) is 0.783. The van der Waals surface area contributed by atoms with Crippen LogP contribution in [0.5, 0.6) is 0 Å². The number of carboxylic acids is 4. The fourth-order valence-corrected chi connectivity index (χ4v) is 3.60. The third-order valence-corrected chi connectivity index (χ3v) is 5.37. The Kier molecular flexibility index (Phi) is 18.9. The number of amides is 1. The SMILES string of the molecule is CCCCCCCCCNC(=O)CN(CCN(CCN(CC(=O)O)CC(=O)O)CC(=O)O)CC(=O)O. The van der Waals surface area contributed by atoms with Gasteiger partial charge in [0.1, 0.15) is 0 Å². The van der Waals surface area contributed by atoms with Gasteiger partial charge in [-0.15, -0.1) is 0 Å². The van der Waals surface area contributed by atoms with Crippen molar-refractivity contribution in [1.29, 1.82) is 0 Å². The van der Waals surface area contributed by atoms with Crippen LogP contribution in [0, 0.1) is 0 Å². The van der Waals surface area contributed by atoms with Gasteiger partial charge in [0, 0.05) is 32.7 Å². The molecule has 0 unspecified atom stereocenters. The zero-order chi connectivity index (χ0) is 27.3. The summed E-state index contributed by atoms with van der Waals surface area (Å²) < 4.78 is 0. The summed E-state index contributed by atoms with van der Waals surface area (Å²) in [6.45, 7) is 0.882. The molecular weight excluding hydrogens is 476 g/mol. The van der Waals surface area contributed by atoms with Crippen molar-refractivity contribution in [3.63, 3.8) is 0 Å². The Balaban J connectivity index is 4.71. The summed E-state index contributed by atoms with van der Waals surface area (Å²) in [5, 5.41) is 39.0. The van der Waals surface area contributed by atoms with E-state index in [1.54, 1.807) is 0 Å². The number of hydrogen-bond acceptors (Lipinski definition) is 8. The molecule has 0 bridgehead atoms. The summed E-state index contributed by atoms with van der Waals surface area (Å²) in [5.41, 5.74) is 0. The van der Waals surface area contributed by atoms with Crippen LogP contribution in [-0.2, 0) is 24.0 Å². The third kappa shape index (κ3) is 20.6. The summed E-state index contributed by atoms with van der Waals surface area (Å²) in [6, 6.07) is 0. The average Bonchev–Trinajstić information content (AvgIpc) is 2.75. The lowest BCUT2D eigenvalue weighted by Gasteiger charge is -2.27. The first-order chi connectivity index (χ1) is 17.0. The van der Waals surface area contributed by atoms with Crippen LogP contribution in [0.2, 0.25) is 0 Å². The third-order valence-electron chi connectivity index (χ3n) is 5.37. The molecule has 1 amide bonds. The van der Waals surface area contributed by atoms with Gasteiger partial charge in [0.05, 0.1) is 32.7 Å². The van der Waals surface area contributed by atoms with E-state index in [0.717, 1.165) is 24.2 Å². The molecule has 0 rings (SSSR count). The number of aliphatic carboxylic acids is 4. The second-order valence-electron chi connectivity index (χ2n) is 8.74. The average molecular weight is 519 g/mol. The van der Waals surface area contributed by atoms with E-state index in [1.165, 1.54) is 35.5 Å². The van der Waals surface area contributed by atoms with Crippen LogP contribution in [0.15, 0.2) is 0 Å². The minimum Gasteiger partial charge on any atom is -0.480 e. The van der Waals surface area contributed by atoms with Crippen LogP contribution in [0.3, 0.4) is 0 Å². The smallest absolute Gasteiger partial charge is 0.317 e. The first kappa shape index (κ1) is 33.2. The maximum atomic E-state index is 12.3. The first-order valence-corrected chi connectivity index (χ1v) is 12.3. The van der Waals surface area contributed by atoms with Gasteiger partial charge in [-0.2, -0.15) is 0 Å². The molecule has 0 heterocycles. The Morgan fingerprint density at radius 1 is 0.528 bits per heavy atom. The van der Waals surface area contributed by atoms with Gasteiger partial charge in [0.2, 0.25) is 5.91 Å². The standard InChI is InChI=1S/C23H42N4O9/c1-2-3-4-5-6-7-8-9-24-19(28)14-26(16-21(31)32)12-10-25(15-20(29)30)11-13-27(17-22(33)34)18-23(35)36/h2-18H2,1H3,(H,24,28)(H,29,30)(H,31,32)(H,33,34)(H,35,36). The Morgan fingerprint density at radius 3 is 1.33 bits per heavy atom. The zero-order valence-corrected chi connectivity index (χ0v) is 21.2. The van der Waals surface area contributed by atoms with E-state index >= 15 is 0 Å². The maximum Gasteiger partial charge on any atom is 0.317 e. The van der Waals surface area contributed by atoms with Crippen LogP contribution in [-0.4, -0.2) is 130 Å². The molecule has 0 atom stereocenters. The van der Waals surface area contributed by atoms with Crippen LogP contribution < -0.4 is 5.32 Å². The van der Waals surface area contributed by atoms with E-state index in [0.29, 0.717) is 6.54 Å². The van der Waals surface area contributed by atoms with Gasteiger partial charge in [0.25, 0.3) is 0 Å². The Bertz CT molecular complexity index is 674. The van der Waals surface area contributed by atoms with Crippen molar-refractivity contribution in [2.24, 2.45) is 0 Å². The van der Waals surface area contributed by atoms with Gasteiger partial charge >= 0.3 is 23.9 Å². The monoisotopic (exact) mass is 518 g/mol. The van der Waals surface area contributed by atoms with Gasteiger partial charge in [-0.3, -0.25) is 38.7 Å². The number of rotatable bonds is 24. The van der Waals surface area contributed by atoms with Crippen LogP contribution in [0.1, 0.15) is 51.9 Å². The molecule has 0 saturated heterocycles. The lowest BCUT2D eigenvalue weighted by Crippen LogP contribution is -2.46. The predicted molar refractivity (Wildman–Crippen MR) is 131 cm³/mol. The molecule has 0 aliphatic heterocycles. The van der Waals surface area contributed by atoms with Gasteiger partial charge in [-0.25, -0.2) is 0 Å². The van der Waals surface area contributed by atoms with Crippen LogP contribution in [0.4, 0.5) is 0 Å². The number of carbonyl (C=O) groups excluding carboxylic acids is 1. The van der Waals surface area contributed by atoms with E-state index < -0.39 is 50.1 Å². The molecule has 0 saturated carbocycles. The molecule has 0 aromatic carbocycles. The molecule has 0 aliphatic rings. The van der Waals surface area contributed by atoms with Crippen molar-refractivity contribution in [1.82, 2.24) is 20.0 Å². The topological polar surface area (TPSA) is 188 Å². The van der Waals surface area contributed by atoms with Gasteiger partial charge < -0.3 is 25.7 Å². The van der Waals surface area contributed by atoms with E-state index in [4.69, 9.17) is 10.2 Å². The minimum absolute atomic E-state index is 0.0102. The molecule has 13 nitrogen and oxygen atoms in total. The molecule has 5 N–H and O–H groups in total. The highest BCUT2D eigenvalue weighted by atomic mass is 16.4. The van der Waals surface area contributed by atoms with E-state index in [9.17, 15) is 34.2 Å². The lowest BCUT2D eigenvalue weighted by molar-refractivity contribution is -0.143. The van der Waals surface area contributed by atoms with E-state index in [2.05, 4.69) is 12.2 Å². The fourth-order valence-electron chi connectivity index (χ4n) is 3.60. The Labute approximate surface area is 212 Å². The molecule has 0 spiro atoms. The molecular formula is C23H42N4O9. The molecule has 0 aromatic rings. The van der Waals surface area contributed by atoms with Crippen molar-refractivity contribution in [2.75, 3.05) is 65.4 Å². The minimum atomic E-state index is -1.21. The number of unbranched alkanes of at least 4 members (excludes halogenated alkanes) is 6. The molecule has 0 fully saturated rings. The normalized spacial score (nSPS) is 11.2. The number of nitrogens with one attached hydrogen (secondary N) is 1. The predicted octanol–water partition coefficient (Wildman–Crippen LogP) is 0.0976. The van der Waals surface area contributed by atoms with Crippen molar-refractivity contribution < 1.29 is 44.4 Å². The quantitative estimate of drug-likeness (QED) is 0.109. The summed E-state index contributed by atoms with van der Waals surface area (Å²) >= 11 is 0. The highest BCUT2D eigenvalue weighted by molar-refractivity contribution is 5.79. The summed E-state index contributed by atoms with van der Waals surface area (Å²) in [7, 11) is 0. The largest absolute Gasteiger partial charge is 0.480 e. The summed E-state index contributed by atoms with van der Waals surface area (Å²) in [4.78, 5) is 60.7.